The van der Waals surface area contributed by atoms with Crippen molar-refractivity contribution in [3.05, 3.63) is 23.8 Å². The van der Waals surface area contributed by atoms with Crippen molar-refractivity contribution in [2.45, 2.75) is 20.0 Å². The van der Waals surface area contributed by atoms with E-state index >= 15 is 0 Å². The smallest absolute Gasteiger partial charge is 0.126 e. The van der Waals surface area contributed by atoms with E-state index in [2.05, 4.69) is 6.92 Å². The van der Waals surface area contributed by atoms with Crippen molar-refractivity contribution in [3.63, 3.8) is 0 Å². The number of nitrogen functional groups attached to an aromatic ring is 1. The Bertz CT molecular complexity index is 287. The summed E-state index contributed by atoms with van der Waals surface area (Å²) in [5.41, 5.74) is 7.38. The average Bonchev–Trinajstić information content (AvgIpc) is 2.20. The van der Waals surface area contributed by atoms with E-state index < -0.39 is 0 Å². The van der Waals surface area contributed by atoms with Crippen molar-refractivity contribution >= 4 is 5.69 Å². The predicted molar refractivity (Wildman–Crippen MR) is 57.4 cm³/mol. The molecule has 1 aromatic rings. The molecule has 1 rings (SSSR count). The van der Waals surface area contributed by atoms with Gasteiger partial charge in [0.15, 0.2) is 0 Å². The van der Waals surface area contributed by atoms with Crippen molar-refractivity contribution in [3.8, 4) is 5.75 Å². The Morgan fingerprint density at radius 1 is 1.36 bits per heavy atom. The minimum Gasteiger partial charge on any atom is -0.496 e. The van der Waals surface area contributed by atoms with E-state index in [1.165, 1.54) is 0 Å². The van der Waals surface area contributed by atoms with Gasteiger partial charge >= 0.3 is 0 Å². The summed E-state index contributed by atoms with van der Waals surface area (Å²) in [6, 6.07) is 5.60. The third-order valence-electron chi connectivity index (χ3n) is 1.92. The van der Waals surface area contributed by atoms with E-state index in [4.69, 9.17) is 15.2 Å². The van der Waals surface area contributed by atoms with Gasteiger partial charge < -0.3 is 15.2 Å². The van der Waals surface area contributed by atoms with Gasteiger partial charge in [-0.1, -0.05) is 13.0 Å². The van der Waals surface area contributed by atoms with Crippen LogP contribution >= 0.6 is 0 Å². The van der Waals surface area contributed by atoms with Crippen LogP contribution in [-0.4, -0.2) is 13.7 Å². The number of benzene rings is 1. The second kappa shape index (κ2) is 5.50. The summed E-state index contributed by atoms with van der Waals surface area (Å²) in [7, 11) is 1.64. The molecule has 0 atom stereocenters. The van der Waals surface area contributed by atoms with Crippen LogP contribution in [0.4, 0.5) is 5.69 Å². The highest BCUT2D eigenvalue weighted by Gasteiger charge is 2.02. The number of hydrogen-bond acceptors (Lipinski definition) is 3. The Labute approximate surface area is 84.8 Å². The largest absolute Gasteiger partial charge is 0.496 e. The molecule has 0 heterocycles. The van der Waals surface area contributed by atoms with Gasteiger partial charge in [0.1, 0.15) is 5.75 Å². The van der Waals surface area contributed by atoms with Crippen molar-refractivity contribution in [2.75, 3.05) is 19.5 Å². The summed E-state index contributed by atoms with van der Waals surface area (Å²) in [5.74, 6) is 0.793. The molecule has 0 radical (unpaired) electrons. The lowest BCUT2D eigenvalue weighted by atomic mass is 10.2. The minimum absolute atomic E-state index is 0.581. The molecule has 3 nitrogen and oxygen atoms in total. The normalized spacial score (nSPS) is 10.1. The molecule has 78 valence electrons. The Kier molecular flexibility index (Phi) is 4.26. The van der Waals surface area contributed by atoms with E-state index in [0.29, 0.717) is 12.3 Å². The molecule has 0 fully saturated rings. The van der Waals surface area contributed by atoms with Crippen LogP contribution in [0.3, 0.4) is 0 Å². The first-order valence-corrected chi connectivity index (χ1v) is 4.78. The molecule has 0 bridgehead atoms. The Balaban J connectivity index is 2.65. The highest BCUT2D eigenvalue weighted by atomic mass is 16.5. The van der Waals surface area contributed by atoms with E-state index in [0.717, 1.165) is 24.3 Å². The van der Waals surface area contributed by atoms with Crippen LogP contribution in [0.15, 0.2) is 18.2 Å². The molecule has 0 saturated heterocycles. The lowest BCUT2D eigenvalue weighted by Crippen LogP contribution is -1.98. The third kappa shape index (κ3) is 2.92. The van der Waals surface area contributed by atoms with Crippen LogP contribution in [0.25, 0.3) is 0 Å². The molecule has 14 heavy (non-hydrogen) atoms. The van der Waals surface area contributed by atoms with Gasteiger partial charge in [0.2, 0.25) is 0 Å². The monoisotopic (exact) mass is 195 g/mol. The first-order chi connectivity index (χ1) is 6.77. The van der Waals surface area contributed by atoms with Crippen LogP contribution in [0.2, 0.25) is 0 Å². The molecular formula is C11H17NO2. The SMILES string of the molecule is CCCOCc1ccc(N)cc1OC. The molecule has 0 unspecified atom stereocenters. The molecule has 0 aliphatic heterocycles. The highest BCUT2D eigenvalue weighted by molar-refractivity contribution is 5.48. The zero-order valence-electron chi connectivity index (χ0n) is 8.75. The second-order valence-corrected chi connectivity index (χ2v) is 3.12. The van der Waals surface area contributed by atoms with Crippen LogP contribution in [-0.2, 0) is 11.3 Å². The fraction of sp³-hybridized carbons (Fsp3) is 0.455. The van der Waals surface area contributed by atoms with Gasteiger partial charge in [-0.15, -0.1) is 0 Å². The second-order valence-electron chi connectivity index (χ2n) is 3.12. The van der Waals surface area contributed by atoms with E-state index in [9.17, 15) is 0 Å². The quantitative estimate of drug-likeness (QED) is 0.578. The number of hydrogen-bond donors (Lipinski definition) is 1. The van der Waals surface area contributed by atoms with Crippen LogP contribution in [0, 0.1) is 0 Å². The van der Waals surface area contributed by atoms with Crippen LogP contribution < -0.4 is 10.5 Å². The van der Waals surface area contributed by atoms with Crippen molar-refractivity contribution < 1.29 is 9.47 Å². The molecule has 0 spiro atoms. The van der Waals surface area contributed by atoms with Gasteiger partial charge in [-0.3, -0.25) is 0 Å². The number of ether oxygens (including phenoxy) is 2. The van der Waals surface area contributed by atoms with Gasteiger partial charge in [-0.05, 0) is 12.5 Å². The molecule has 1 aromatic carbocycles. The first-order valence-electron chi connectivity index (χ1n) is 4.78. The number of methoxy groups -OCH3 is 1. The topological polar surface area (TPSA) is 44.5 Å². The maximum absolute atomic E-state index is 5.64. The van der Waals surface area contributed by atoms with E-state index in [-0.39, 0.29) is 0 Å². The summed E-state index contributed by atoms with van der Waals surface area (Å²) < 4.78 is 10.6. The maximum Gasteiger partial charge on any atom is 0.126 e. The van der Waals surface area contributed by atoms with Gasteiger partial charge in [0.05, 0.1) is 13.7 Å². The molecule has 0 amide bonds. The Hall–Kier alpha value is -1.22. The lowest BCUT2D eigenvalue weighted by Gasteiger charge is -2.09. The highest BCUT2D eigenvalue weighted by Crippen LogP contribution is 2.22. The summed E-state index contributed by atoms with van der Waals surface area (Å²) >= 11 is 0. The van der Waals surface area contributed by atoms with Gasteiger partial charge in [-0.25, -0.2) is 0 Å². The average molecular weight is 195 g/mol. The molecule has 0 saturated carbocycles. The minimum atomic E-state index is 0.581. The van der Waals surface area contributed by atoms with Gasteiger partial charge in [0, 0.05) is 23.9 Å². The summed E-state index contributed by atoms with van der Waals surface area (Å²) in [4.78, 5) is 0. The Morgan fingerprint density at radius 3 is 2.79 bits per heavy atom. The van der Waals surface area contributed by atoms with Crippen molar-refractivity contribution in [1.29, 1.82) is 0 Å². The molecular weight excluding hydrogens is 178 g/mol. The molecule has 0 aliphatic carbocycles. The fourth-order valence-corrected chi connectivity index (χ4v) is 1.21. The number of anilines is 1. The number of rotatable bonds is 5. The van der Waals surface area contributed by atoms with Gasteiger partial charge in [0.25, 0.3) is 0 Å². The summed E-state index contributed by atoms with van der Waals surface area (Å²) in [5, 5.41) is 0. The third-order valence-corrected chi connectivity index (χ3v) is 1.92. The zero-order valence-corrected chi connectivity index (χ0v) is 8.75. The van der Waals surface area contributed by atoms with Crippen LogP contribution in [0.1, 0.15) is 18.9 Å². The zero-order chi connectivity index (χ0) is 10.4. The van der Waals surface area contributed by atoms with Crippen molar-refractivity contribution in [1.82, 2.24) is 0 Å². The fourth-order valence-electron chi connectivity index (χ4n) is 1.21. The van der Waals surface area contributed by atoms with Gasteiger partial charge in [-0.2, -0.15) is 0 Å². The van der Waals surface area contributed by atoms with E-state index in [1.807, 2.05) is 18.2 Å². The van der Waals surface area contributed by atoms with Crippen molar-refractivity contribution in [2.24, 2.45) is 0 Å². The lowest BCUT2D eigenvalue weighted by molar-refractivity contribution is 0.119. The van der Waals surface area contributed by atoms with E-state index in [1.54, 1.807) is 7.11 Å². The van der Waals surface area contributed by atoms with Crippen LogP contribution in [0.5, 0.6) is 5.75 Å². The molecule has 3 heteroatoms. The molecule has 0 aliphatic rings. The maximum atomic E-state index is 5.64. The summed E-state index contributed by atoms with van der Waals surface area (Å²) in [6.45, 7) is 3.44. The molecule has 2 N–H and O–H groups in total. The molecule has 0 aromatic heterocycles. The predicted octanol–water partition coefficient (Wildman–Crippen LogP) is 2.20. The summed E-state index contributed by atoms with van der Waals surface area (Å²) in [6.07, 6.45) is 1.03. The first kappa shape index (κ1) is 10.9. The Morgan fingerprint density at radius 2 is 2.14 bits per heavy atom. The number of nitrogens with two attached hydrogens (primary N) is 1. The standard InChI is InChI=1S/C11H17NO2/c1-3-6-14-8-9-4-5-10(12)7-11(9)13-2/h4-5,7H,3,6,8,12H2,1-2H3.